The molecule has 3 N–H and O–H groups in total. The fraction of sp³-hybridized carbons (Fsp3) is 0.476. The summed E-state index contributed by atoms with van der Waals surface area (Å²) in [6, 6.07) is 4.16. The number of rotatable bonds is 6. The van der Waals surface area contributed by atoms with Crippen molar-refractivity contribution >= 4 is 28.1 Å². The van der Waals surface area contributed by atoms with Crippen molar-refractivity contribution in [2.24, 2.45) is 7.05 Å². The predicted octanol–water partition coefficient (Wildman–Crippen LogP) is 3.13. The number of aryl methyl sites for hydroxylation is 1. The van der Waals surface area contributed by atoms with Crippen LogP contribution in [0.15, 0.2) is 24.4 Å². The van der Waals surface area contributed by atoms with Gasteiger partial charge in [0.15, 0.2) is 5.82 Å². The van der Waals surface area contributed by atoms with E-state index in [4.69, 9.17) is 4.98 Å². The molecule has 1 atom stereocenters. The lowest BCUT2D eigenvalue weighted by molar-refractivity contribution is 0.00851. The Morgan fingerprint density at radius 1 is 1.34 bits per heavy atom. The topological polar surface area (TPSA) is 94.9 Å². The van der Waals surface area contributed by atoms with E-state index in [2.05, 4.69) is 43.7 Å². The van der Waals surface area contributed by atoms with E-state index in [1.807, 2.05) is 20.2 Å². The van der Waals surface area contributed by atoms with Crippen molar-refractivity contribution in [2.45, 2.75) is 44.8 Å². The van der Waals surface area contributed by atoms with Crippen LogP contribution in [0.3, 0.4) is 0 Å². The minimum Gasteiger partial charge on any atom is -0.378 e. The Morgan fingerprint density at radius 2 is 2.21 bits per heavy atom. The second-order valence-electron chi connectivity index (χ2n) is 8.00. The van der Waals surface area contributed by atoms with Gasteiger partial charge in [-0.25, -0.2) is 4.68 Å². The summed E-state index contributed by atoms with van der Waals surface area (Å²) >= 11 is 0. The van der Waals surface area contributed by atoms with Crippen molar-refractivity contribution in [1.82, 2.24) is 29.9 Å². The maximum Gasteiger partial charge on any atom is 0.225 e. The lowest BCUT2D eigenvalue weighted by Crippen LogP contribution is -2.37. The molecule has 29 heavy (non-hydrogen) atoms. The van der Waals surface area contributed by atoms with Gasteiger partial charge in [0.25, 0.3) is 0 Å². The molecule has 0 radical (unpaired) electrons. The zero-order chi connectivity index (χ0) is 20.0. The van der Waals surface area contributed by atoms with E-state index in [0.717, 1.165) is 54.5 Å². The zero-order valence-electron chi connectivity index (χ0n) is 16.9. The van der Waals surface area contributed by atoms with Crippen LogP contribution in [0.25, 0.3) is 16.5 Å². The highest BCUT2D eigenvalue weighted by molar-refractivity contribution is 5.89. The average Bonchev–Trinajstić information content (AvgIpc) is 3.35. The summed E-state index contributed by atoms with van der Waals surface area (Å²) in [7, 11) is 1.92. The molecule has 0 saturated heterocycles. The first-order chi connectivity index (χ1) is 14.1. The molecule has 1 aliphatic carbocycles. The molecule has 0 bridgehead atoms. The summed E-state index contributed by atoms with van der Waals surface area (Å²) in [5.41, 5.74) is 4.61. The van der Waals surface area contributed by atoms with Crippen LogP contribution in [0.4, 0.5) is 11.6 Å². The number of nitrogens with zero attached hydrogens (tertiary/aromatic N) is 5. The third-order valence-electron chi connectivity index (χ3n) is 5.98. The summed E-state index contributed by atoms with van der Waals surface area (Å²) in [4.78, 5) is 6.85. The Hall–Kier alpha value is -2.71. The first kappa shape index (κ1) is 18.3. The average molecular weight is 393 g/mol. The van der Waals surface area contributed by atoms with Gasteiger partial charge in [0.2, 0.25) is 5.95 Å². The Bertz CT molecular complexity index is 1060. The third kappa shape index (κ3) is 3.42. The summed E-state index contributed by atoms with van der Waals surface area (Å²) in [5.74, 6) is 2.09. The Morgan fingerprint density at radius 3 is 2.93 bits per heavy atom. The Labute approximate surface area is 169 Å². The number of hydrogen-bond donors (Lipinski definition) is 3. The van der Waals surface area contributed by atoms with Crippen LogP contribution in [0.2, 0.25) is 0 Å². The Balaban J connectivity index is 1.40. The van der Waals surface area contributed by atoms with Crippen molar-refractivity contribution in [3.8, 4) is 0 Å². The minimum atomic E-state index is -0.375. The minimum absolute atomic E-state index is 0.375. The van der Waals surface area contributed by atoms with Crippen molar-refractivity contribution in [3.05, 3.63) is 35.8 Å². The number of anilines is 2. The van der Waals surface area contributed by atoms with Crippen LogP contribution in [-0.2, 0) is 7.05 Å². The molecule has 152 valence electrons. The van der Waals surface area contributed by atoms with Gasteiger partial charge in [0, 0.05) is 31.2 Å². The number of fused-ring (bicyclic) bond motifs is 1. The van der Waals surface area contributed by atoms with Crippen LogP contribution in [0.1, 0.15) is 49.9 Å². The van der Waals surface area contributed by atoms with Gasteiger partial charge in [0.1, 0.15) is 6.23 Å². The van der Waals surface area contributed by atoms with Crippen LogP contribution in [0.5, 0.6) is 0 Å². The van der Waals surface area contributed by atoms with E-state index in [1.54, 1.807) is 4.68 Å². The molecule has 0 spiro atoms. The van der Waals surface area contributed by atoms with E-state index in [-0.39, 0.29) is 6.23 Å². The van der Waals surface area contributed by atoms with E-state index < -0.39 is 0 Å². The first-order valence-corrected chi connectivity index (χ1v) is 10.4. The van der Waals surface area contributed by atoms with Gasteiger partial charge in [-0.3, -0.25) is 10.00 Å². The molecule has 1 unspecified atom stereocenters. The second kappa shape index (κ2) is 7.27. The fourth-order valence-electron chi connectivity index (χ4n) is 4.13. The van der Waals surface area contributed by atoms with Crippen LogP contribution < -0.4 is 5.32 Å². The smallest absolute Gasteiger partial charge is 0.225 e. The van der Waals surface area contributed by atoms with Crippen LogP contribution in [-0.4, -0.2) is 54.3 Å². The van der Waals surface area contributed by atoms with E-state index in [0.29, 0.717) is 5.92 Å². The monoisotopic (exact) mass is 393 g/mol. The highest BCUT2D eigenvalue weighted by Crippen LogP contribution is 2.47. The van der Waals surface area contributed by atoms with E-state index in [1.165, 1.54) is 23.8 Å². The molecule has 2 aliphatic rings. The van der Waals surface area contributed by atoms with Gasteiger partial charge in [0.05, 0.1) is 11.7 Å². The molecule has 2 aromatic heterocycles. The van der Waals surface area contributed by atoms with Crippen LogP contribution in [0, 0.1) is 0 Å². The largest absolute Gasteiger partial charge is 0.378 e. The summed E-state index contributed by atoms with van der Waals surface area (Å²) in [6.45, 7) is 3.55. The van der Waals surface area contributed by atoms with Gasteiger partial charge >= 0.3 is 0 Å². The lowest BCUT2D eigenvalue weighted by atomic mass is 10.0. The normalized spacial score (nSPS) is 18.8. The quantitative estimate of drug-likeness (QED) is 0.596. The first-order valence-electron chi connectivity index (χ1n) is 10.4. The van der Waals surface area contributed by atoms with Gasteiger partial charge < -0.3 is 10.4 Å². The number of aliphatic hydroxyl groups excluding tert-OH is 1. The molecule has 3 heterocycles. The van der Waals surface area contributed by atoms with Gasteiger partial charge in [-0.05, 0) is 54.9 Å². The van der Waals surface area contributed by atoms with Crippen molar-refractivity contribution < 1.29 is 5.11 Å². The summed E-state index contributed by atoms with van der Waals surface area (Å²) < 4.78 is 1.81. The molecule has 5 rings (SSSR count). The van der Waals surface area contributed by atoms with Gasteiger partial charge in [-0.2, -0.15) is 10.1 Å². The summed E-state index contributed by atoms with van der Waals surface area (Å²) in [5, 5.41) is 26.6. The molecule has 8 nitrogen and oxygen atoms in total. The van der Waals surface area contributed by atoms with Gasteiger partial charge in [-0.15, -0.1) is 5.10 Å². The van der Waals surface area contributed by atoms with Gasteiger partial charge in [-0.1, -0.05) is 13.0 Å². The highest BCUT2D eigenvalue weighted by Gasteiger charge is 2.29. The molecule has 1 fully saturated rings. The molecule has 1 aromatic carbocycles. The highest BCUT2D eigenvalue weighted by atomic mass is 16.3. The Kier molecular flexibility index (Phi) is 4.60. The molecule has 1 aliphatic heterocycles. The SMILES string of the molecule is CCC(O)N1CC=C(c2nc(Nc3ccc4[nH]ncc4c3C3CC3)n(C)n2)CC1. The number of H-pyrrole nitrogens is 1. The molecule has 1 saturated carbocycles. The van der Waals surface area contributed by atoms with E-state index in [9.17, 15) is 5.11 Å². The fourth-order valence-corrected chi connectivity index (χ4v) is 4.13. The zero-order valence-corrected chi connectivity index (χ0v) is 16.9. The summed E-state index contributed by atoms with van der Waals surface area (Å²) in [6.07, 6.45) is 7.69. The van der Waals surface area contributed by atoms with E-state index >= 15 is 0 Å². The molecule has 3 aromatic rings. The maximum atomic E-state index is 10.0. The number of aromatic nitrogens is 5. The maximum absolute atomic E-state index is 10.0. The molecular weight excluding hydrogens is 366 g/mol. The number of nitrogens with one attached hydrogen (secondary N) is 2. The van der Waals surface area contributed by atoms with Crippen molar-refractivity contribution in [2.75, 3.05) is 18.4 Å². The third-order valence-corrected chi connectivity index (χ3v) is 5.98. The van der Waals surface area contributed by atoms with Crippen molar-refractivity contribution in [3.63, 3.8) is 0 Å². The second-order valence-corrected chi connectivity index (χ2v) is 8.00. The van der Waals surface area contributed by atoms with Crippen molar-refractivity contribution in [1.29, 1.82) is 0 Å². The standard InChI is InChI=1S/C21H27N7O/c1-3-18(29)28-10-8-14(9-11-28)20-24-21(27(2)26-20)23-17-7-6-16-15(12-22-25-16)19(17)13-4-5-13/h6-8,12-13,18,29H,3-5,9-11H2,1-2H3,(H,22,25)(H,23,24,26). The predicted molar refractivity (Wildman–Crippen MR) is 113 cm³/mol. The number of aromatic amines is 1. The number of hydrogen-bond acceptors (Lipinski definition) is 6. The molecular formula is C21H27N7O. The lowest BCUT2D eigenvalue weighted by Gasteiger charge is -2.29. The number of benzene rings is 1. The molecule has 0 amide bonds. The number of aliphatic hydroxyl groups is 1. The molecule has 8 heteroatoms. The van der Waals surface area contributed by atoms with Crippen LogP contribution >= 0.6 is 0 Å².